The SMILES string of the molecule is Cc1c(NC(=S)Nc2ccc(Oc3ccccc3)cc2)c(=O)n(-c2ccccc2)n1C. The zero-order valence-electron chi connectivity index (χ0n) is 17.2. The summed E-state index contributed by atoms with van der Waals surface area (Å²) in [5.74, 6) is 1.50. The van der Waals surface area contributed by atoms with Crippen molar-refractivity contribution >= 4 is 28.7 Å². The lowest BCUT2D eigenvalue weighted by molar-refractivity contribution is 0.483. The molecule has 3 aromatic carbocycles. The van der Waals surface area contributed by atoms with Gasteiger partial charge >= 0.3 is 0 Å². The maximum Gasteiger partial charge on any atom is 0.295 e. The van der Waals surface area contributed by atoms with Crippen molar-refractivity contribution in [2.45, 2.75) is 6.92 Å². The molecule has 4 rings (SSSR count). The maximum absolute atomic E-state index is 13.0. The Bertz CT molecular complexity index is 1250. The molecular weight excluding hydrogens is 408 g/mol. The number of anilines is 2. The summed E-state index contributed by atoms with van der Waals surface area (Å²) in [6, 6.07) is 26.5. The summed E-state index contributed by atoms with van der Waals surface area (Å²) < 4.78 is 9.21. The van der Waals surface area contributed by atoms with Crippen LogP contribution in [-0.2, 0) is 7.05 Å². The van der Waals surface area contributed by atoms with E-state index in [1.807, 2.05) is 98.9 Å². The molecule has 0 aliphatic carbocycles. The molecule has 0 fully saturated rings. The Balaban J connectivity index is 1.46. The third-order valence-corrected chi connectivity index (χ3v) is 5.09. The van der Waals surface area contributed by atoms with E-state index < -0.39 is 0 Å². The number of nitrogens with zero attached hydrogens (tertiary/aromatic N) is 2. The standard InChI is InChI=1S/C24H22N4O2S/c1-17-22(23(29)28(27(17)2)19-9-5-3-6-10-19)26-24(31)25-18-13-15-21(16-14-18)30-20-11-7-4-8-12-20/h3-16H,1-2H3,(H2,25,26,31). The van der Waals surface area contributed by atoms with Gasteiger partial charge in [-0.05, 0) is 67.7 Å². The van der Waals surface area contributed by atoms with E-state index in [1.165, 1.54) is 0 Å². The first-order valence-corrected chi connectivity index (χ1v) is 10.2. The third kappa shape index (κ3) is 4.51. The summed E-state index contributed by atoms with van der Waals surface area (Å²) in [6.07, 6.45) is 0. The molecule has 0 atom stereocenters. The zero-order valence-corrected chi connectivity index (χ0v) is 18.0. The van der Waals surface area contributed by atoms with Crippen LogP contribution in [-0.4, -0.2) is 14.5 Å². The molecule has 156 valence electrons. The third-order valence-electron chi connectivity index (χ3n) is 4.88. The first-order valence-electron chi connectivity index (χ1n) is 9.78. The zero-order chi connectivity index (χ0) is 21.8. The Morgan fingerprint density at radius 1 is 0.839 bits per heavy atom. The van der Waals surface area contributed by atoms with Crippen LogP contribution in [0.4, 0.5) is 11.4 Å². The molecule has 31 heavy (non-hydrogen) atoms. The monoisotopic (exact) mass is 430 g/mol. The quantitative estimate of drug-likeness (QED) is 0.432. The normalized spacial score (nSPS) is 10.5. The molecule has 2 N–H and O–H groups in total. The second kappa shape index (κ2) is 8.89. The summed E-state index contributed by atoms with van der Waals surface area (Å²) >= 11 is 5.43. The van der Waals surface area contributed by atoms with Crippen LogP contribution in [0.5, 0.6) is 11.5 Å². The Kier molecular flexibility index (Phi) is 5.86. The highest BCUT2D eigenvalue weighted by Gasteiger charge is 2.17. The summed E-state index contributed by atoms with van der Waals surface area (Å²) in [4.78, 5) is 13.0. The lowest BCUT2D eigenvalue weighted by Crippen LogP contribution is -2.25. The molecule has 0 aliphatic rings. The van der Waals surface area contributed by atoms with Gasteiger partial charge in [0.25, 0.3) is 5.56 Å². The molecule has 0 amide bonds. The van der Waals surface area contributed by atoms with E-state index in [1.54, 1.807) is 9.36 Å². The fraction of sp³-hybridized carbons (Fsp3) is 0.0833. The van der Waals surface area contributed by atoms with Gasteiger partial charge in [0, 0.05) is 12.7 Å². The van der Waals surface area contributed by atoms with Crippen molar-refractivity contribution < 1.29 is 4.74 Å². The fourth-order valence-corrected chi connectivity index (χ4v) is 3.44. The van der Waals surface area contributed by atoms with Crippen LogP contribution < -0.4 is 20.9 Å². The first-order chi connectivity index (χ1) is 15.0. The van der Waals surface area contributed by atoms with Crippen LogP contribution in [0.25, 0.3) is 5.69 Å². The number of thiocarbonyl (C=S) groups is 1. The molecule has 0 bridgehead atoms. The van der Waals surface area contributed by atoms with E-state index >= 15 is 0 Å². The second-order valence-corrected chi connectivity index (χ2v) is 7.36. The topological polar surface area (TPSA) is 60.2 Å². The lowest BCUT2D eigenvalue weighted by atomic mass is 10.3. The van der Waals surface area contributed by atoms with Gasteiger partial charge in [0.2, 0.25) is 0 Å². The molecule has 4 aromatic rings. The molecular formula is C24H22N4O2S. The smallest absolute Gasteiger partial charge is 0.295 e. The minimum absolute atomic E-state index is 0.165. The average molecular weight is 431 g/mol. The number of ether oxygens (including phenoxy) is 1. The molecule has 7 heteroatoms. The van der Waals surface area contributed by atoms with Gasteiger partial charge in [-0.3, -0.25) is 9.48 Å². The summed E-state index contributed by atoms with van der Waals surface area (Å²) in [5.41, 5.74) is 2.63. The van der Waals surface area contributed by atoms with Crippen LogP contribution in [0.2, 0.25) is 0 Å². The number of nitrogens with one attached hydrogen (secondary N) is 2. The van der Waals surface area contributed by atoms with E-state index in [0.29, 0.717) is 10.8 Å². The molecule has 0 saturated heterocycles. The van der Waals surface area contributed by atoms with Gasteiger partial charge in [0.05, 0.1) is 11.4 Å². The number of rotatable bonds is 5. The van der Waals surface area contributed by atoms with E-state index in [2.05, 4.69) is 10.6 Å². The molecule has 1 aromatic heterocycles. The number of para-hydroxylation sites is 2. The van der Waals surface area contributed by atoms with Gasteiger partial charge in [-0.2, -0.15) is 0 Å². The highest BCUT2D eigenvalue weighted by molar-refractivity contribution is 7.80. The molecule has 0 spiro atoms. The van der Waals surface area contributed by atoms with Crippen LogP contribution in [0.3, 0.4) is 0 Å². The Hall–Kier alpha value is -3.84. The fourth-order valence-electron chi connectivity index (χ4n) is 3.22. The van der Waals surface area contributed by atoms with Crippen molar-refractivity contribution in [2.75, 3.05) is 10.6 Å². The van der Waals surface area contributed by atoms with Gasteiger partial charge in [-0.1, -0.05) is 36.4 Å². The van der Waals surface area contributed by atoms with Crippen LogP contribution >= 0.6 is 12.2 Å². The number of hydrogen-bond acceptors (Lipinski definition) is 3. The molecule has 0 radical (unpaired) electrons. The van der Waals surface area contributed by atoms with Gasteiger partial charge in [-0.25, -0.2) is 4.68 Å². The van der Waals surface area contributed by atoms with Crippen molar-refractivity contribution in [3.63, 3.8) is 0 Å². The molecule has 6 nitrogen and oxygen atoms in total. The maximum atomic E-state index is 13.0. The van der Waals surface area contributed by atoms with Crippen LogP contribution in [0.1, 0.15) is 5.69 Å². The molecule has 1 heterocycles. The number of benzene rings is 3. The number of hydrogen-bond donors (Lipinski definition) is 2. The van der Waals surface area contributed by atoms with Crippen LogP contribution in [0.15, 0.2) is 89.7 Å². The van der Waals surface area contributed by atoms with E-state index in [-0.39, 0.29) is 5.56 Å². The first kappa shape index (κ1) is 20.4. The predicted molar refractivity (Wildman–Crippen MR) is 129 cm³/mol. The van der Waals surface area contributed by atoms with Gasteiger partial charge < -0.3 is 15.4 Å². The van der Waals surface area contributed by atoms with Crippen molar-refractivity contribution in [3.8, 4) is 17.2 Å². The van der Waals surface area contributed by atoms with E-state index in [4.69, 9.17) is 17.0 Å². The second-order valence-electron chi connectivity index (χ2n) is 6.96. The largest absolute Gasteiger partial charge is 0.457 e. The van der Waals surface area contributed by atoms with Crippen LogP contribution in [0, 0.1) is 6.92 Å². The lowest BCUT2D eigenvalue weighted by Gasteiger charge is -2.11. The van der Waals surface area contributed by atoms with Crippen molar-refractivity contribution in [1.82, 2.24) is 9.36 Å². The summed E-state index contributed by atoms with van der Waals surface area (Å²) in [7, 11) is 1.84. The van der Waals surface area contributed by atoms with Gasteiger partial charge in [0.1, 0.15) is 17.2 Å². The van der Waals surface area contributed by atoms with Crippen molar-refractivity contribution in [1.29, 1.82) is 0 Å². The van der Waals surface area contributed by atoms with E-state index in [9.17, 15) is 4.79 Å². The minimum Gasteiger partial charge on any atom is -0.457 e. The Labute approximate surface area is 185 Å². The highest BCUT2D eigenvalue weighted by atomic mass is 32.1. The summed E-state index contributed by atoms with van der Waals surface area (Å²) in [6.45, 7) is 1.88. The average Bonchev–Trinajstić information content (AvgIpc) is 2.99. The Morgan fingerprint density at radius 3 is 2.06 bits per heavy atom. The molecule has 0 aliphatic heterocycles. The molecule has 0 unspecified atom stereocenters. The highest BCUT2D eigenvalue weighted by Crippen LogP contribution is 2.23. The minimum atomic E-state index is -0.165. The number of aromatic nitrogens is 2. The van der Waals surface area contributed by atoms with Crippen molar-refractivity contribution in [3.05, 3.63) is 101 Å². The summed E-state index contributed by atoms with van der Waals surface area (Å²) in [5, 5.41) is 6.49. The Morgan fingerprint density at radius 2 is 1.42 bits per heavy atom. The predicted octanol–water partition coefficient (Wildman–Crippen LogP) is 5.09. The van der Waals surface area contributed by atoms with Gasteiger partial charge in [-0.15, -0.1) is 0 Å². The van der Waals surface area contributed by atoms with Crippen molar-refractivity contribution in [2.24, 2.45) is 7.05 Å². The van der Waals surface area contributed by atoms with E-state index in [0.717, 1.165) is 28.6 Å². The van der Waals surface area contributed by atoms with Gasteiger partial charge in [0.15, 0.2) is 5.11 Å². The molecule has 0 saturated carbocycles.